The van der Waals surface area contributed by atoms with Gasteiger partial charge < -0.3 is 10.6 Å². The zero-order valence-corrected chi connectivity index (χ0v) is 14.6. The third kappa shape index (κ3) is 2.72. The van der Waals surface area contributed by atoms with Crippen molar-refractivity contribution >= 4 is 23.1 Å². The molecule has 124 valence electrons. The summed E-state index contributed by atoms with van der Waals surface area (Å²) in [4.78, 5) is 4.99. The molecular weight excluding hydrogens is 318 g/mol. The van der Waals surface area contributed by atoms with E-state index >= 15 is 0 Å². The van der Waals surface area contributed by atoms with Gasteiger partial charge in [0.25, 0.3) is 0 Å². The lowest BCUT2D eigenvalue weighted by Crippen LogP contribution is -2.48. The number of rotatable bonds is 2. The Hall–Kier alpha value is -1.84. The number of hydrogen-bond donors (Lipinski definition) is 2. The van der Waals surface area contributed by atoms with E-state index in [9.17, 15) is 0 Å². The maximum atomic E-state index is 6.10. The molecule has 2 atom stereocenters. The van der Waals surface area contributed by atoms with Crippen LogP contribution in [0.1, 0.15) is 24.5 Å². The number of benzene rings is 2. The molecule has 0 radical (unpaired) electrons. The summed E-state index contributed by atoms with van der Waals surface area (Å²) in [6, 6.07) is 16.9. The predicted octanol–water partition coefficient (Wildman–Crippen LogP) is 4.27. The van der Waals surface area contributed by atoms with Crippen molar-refractivity contribution < 1.29 is 0 Å². The van der Waals surface area contributed by atoms with Crippen molar-refractivity contribution in [3.63, 3.8) is 0 Å². The lowest BCUT2D eigenvalue weighted by molar-refractivity contribution is 0.372. The van der Waals surface area contributed by atoms with E-state index in [0.717, 1.165) is 35.8 Å². The van der Waals surface area contributed by atoms with Crippen LogP contribution in [0.5, 0.6) is 0 Å². The summed E-state index contributed by atoms with van der Waals surface area (Å²) in [7, 11) is 0. The first-order valence-electron chi connectivity index (χ1n) is 8.55. The summed E-state index contributed by atoms with van der Waals surface area (Å²) in [6.45, 7) is 3.97. The van der Waals surface area contributed by atoms with Crippen LogP contribution in [0, 0.1) is 5.41 Å². The third-order valence-electron chi connectivity index (χ3n) is 5.41. The van der Waals surface area contributed by atoms with E-state index in [1.165, 1.54) is 11.3 Å². The average molecular weight is 340 g/mol. The molecule has 0 saturated carbocycles. The Morgan fingerprint density at radius 3 is 2.88 bits per heavy atom. The molecule has 2 aromatic rings. The maximum absolute atomic E-state index is 6.10. The quantitative estimate of drug-likeness (QED) is 0.857. The van der Waals surface area contributed by atoms with Gasteiger partial charge in [0.2, 0.25) is 0 Å². The molecule has 4 heteroatoms. The Labute approximate surface area is 148 Å². The molecule has 2 unspecified atom stereocenters. The first kappa shape index (κ1) is 15.7. The van der Waals surface area contributed by atoms with E-state index in [-0.39, 0.29) is 5.41 Å². The number of anilines is 1. The Balaban J connectivity index is 1.70. The monoisotopic (exact) mass is 339 g/mol. The first-order chi connectivity index (χ1) is 11.7. The summed E-state index contributed by atoms with van der Waals surface area (Å²) < 4.78 is 0. The van der Waals surface area contributed by atoms with E-state index in [0.29, 0.717) is 12.6 Å². The van der Waals surface area contributed by atoms with Gasteiger partial charge in [0.05, 0.1) is 6.54 Å². The minimum Gasteiger partial charge on any atom is -0.343 e. The Bertz CT molecular complexity index is 786. The summed E-state index contributed by atoms with van der Waals surface area (Å²) in [6.07, 6.45) is 2.16. The number of nitrogens with zero attached hydrogens (tertiary/aromatic N) is 1. The molecule has 0 aromatic heterocycles. The summed E-state index contributed by atoms with van der Waals surface area (Å²) >= 11 is 6.10. The van der Waals surface area contributed by atoms with Gasteiger partial charge in [-0.1, -0.05) is 41.9 Å². The van der Waals surface area contributed by atoms with Crippen molar-refractivity contribution in [2.24, 2.45) is 10.4 Å². The van der Waals surface area contributed by atoms with Crippen LogP contribution in [-0.2, 0) is 13.0 Å². The van der Waals surface area contributed by atoms with Crippen molar-refractivity contribution in [2.75, 3.05) is 11.9 Å². The summed E-state index contributed by atoms with van der Waals surface area (Å²) in [5.41, 5.74) is 3.78. The van der Waals surface area contributed by atoms with Gasteiger partial charge in [-0.15, -0.1) is 0 Å². The van der Waals surface area contributed by atoms with Gasteiger partial charge in [0.15, 0.2) is 0 Å². The summed E-state index contributed by atoms with van der Waals surface area (Å²) in [5.74, 6) is 1.11. The second-order valence-corrected chi connectivity index (χ2v) is 7.27. The lowest BCUT2D eigenvalue weighted by atomic mass is 9.72. The van der Waals surface area contributed by atoms with Crippen LogP contribution in [0.4, 0.5) is 5.69 Å². The van der Waals surface area contributed by atoms with Crippen LogP contribution < -0.4 is 10.6 Å². The largest absolute Gasteiger partial charge is 0.343 e. The van der Waals surface area contributed by atoms with Crippen LogP contribution in [0.3, 0.4) is 0 Å². The highest BCUT2D eigenvalue weighted by molar-refractivity contribution is 6.30. The van der Waals surface area contributed by atoms with Crippen molar-refractivity contribution in [2.45, 2.75) is 32.4 Å². The first-order valence-corrected chi connectivity index (χ1v) is 8.93. The topological polar surface area (TPSA) is 36.4 Å². The van der Waals surface area contributed by atoms with E-state index in [1.54, 1.807) is 0 Å². The van der Waals surface area contributed by atoms with Crippen molar-refractivity contribution in [1.29, 1.82) is 0 Å². The SMILES string of the molecule is CC1NCCC12Cc1ccccc1NC2=NCc1cccc(Cl)c1. The van der Waals surface area contributed by atoms with Crippen molar-refractivity contribution in [3.05, 3.63) is 64.7 Å². The molecule has 2 aliphatic heterocycles. The molecule has 2 aliphatic rings. The highest BCUT2D eigenvalue weighted by Crippen LogP contribution is 2.42. The van der Waals surface area contributed by atoms with Crippen LogP contribution >= 0.6 is 11.6 Å². The normalized spacial score (nSPS) is 27.2. The minimum absolute atomic E-state index is 0.0624. The molecule has 24 heavy (non-hydrogen) atoms. The van der Waals surface area contributed by atoms with Crippen LogP contribution in [0.15, 0.2) is 53.5 Å². The third-order valence-corrected chi connectivity index (χ3v) is 5.64. The Morgan fingerprint density at radius 2 is 2.08 bits per heavy atom. The number of hydrogen-bond acceptors (Lipinski definition) is 2. The van der Waals surface area contributed by atoms with Gasteiger partial charge >= 0.3 is 0 Å². The number of fused-ring (bicyclic) bond motifs is 1. The van der Waals surface area contributed by atoms with Gasteiger partial charge in [-0.3, -0.25) is 4.99 Å². The number of nitrogens with one attached hydrogen (secondary N) is 2. The Morgan fingerprint density at radius 1 is 1.21 bits per heavy atom. The highest BCUT2D eigenvalue weighted by Gasteiger charge is 2.47. The van der Waals surface area contributed by atoms with Crippen LogP contribution in [0.2, 0.25) is 5.02 Å². The van der Waals surface area contributed by atoms with Gasteiger partial charge in [-0.2, -0.15) is 0 Å². The molecule has 1 spiro atoms. The molecule has 2 N–H and O–H groups in total. The molecule has 1 saturated heterocycles. The van der Waals surface area contributed by atoms with Crippen LogP contribution in [0.25, 0.3) is 0 Å². The van der Waals surface area contributed by atoms with Gasteiger partial charge in [0.1, 0.15) is 5.84 Å². The molecule has 2 heterocycles. The fraction of sp³-hybridized carbons (Fsp3) is 0.350. The fourth-order valence-corrected chi connectivity index (χ4v) is 4.18. The lowest BCUT2D eigenvalue weighted by Gasteiger charge is -2.40. The highest BCUT2D eigenvalue weighted by atomic mass is 35.5. The number of aliphatic imine (C=N–C) groups is 1. The number of halogens is 1. The predicted molar refractivity (Wildman–Crippen MR) is 101 cm³/mol. The average Bonchev–Trinajstić information content (AvgIpc) is 2.94. The molecule has 4 rings (SSSR count). The molecule has 0 aliphatic carbocycles. The fourth-order valence-electron chi connectivity index (χ4n) is 3.96. The molecular formula is C20H22ClN3. The Kier molecular flexibility index (Phi) is 4.07. The standard InChI is InChI=1S/C20H22ClN3/c1-14-20(9-10-22-14)12-16-6-2-3-8-18(16)24-19(20)23-13-15-5-4-7-17(21)11-15/h2-8,11,14,22H,9-10,12-13H2,1H3,(H,23,24). The van der Waals surface area contributed by atoms with Crippen molar-refractivity contribution in [1.82, 2.24) is 5.32 Å². The molecule has 0 amide bonds. The van der Waals surface area contributed by atoms with E-state index < -0.39 is 0 Å². The van der Waals surface area contributed by atoms with E-state index in [4.69, 9.17) is 16.6 Å². The zero-order valence-electron chi connectivity index (χ0n) is 13.8. The molecule has 1 fully saturated rings. The molecule has 0 bridgehead atoms. The second kappa shape index (κ2) is 6.23. The molecule has 3 nitrogen and oxygen atoms in total. The van der Waals surface area contributed by atoms with Gasteiger partial charge in [0, 0.05) is 22.2 Å². The smallest absolute Gasteiger partial charge is 0.109 e. The van der Waals surface area contributed by atoms with Crippen molar-refractivity contribution in [3.8, 4) is 0 Å². The second-order valence-electron chi connectivity index (χ2n) is 6.84. The van der Waals surface area contributed by atoms with E-state index in [1.807, 2.05) is 18.2 Å². The minimum atomic E-state index is 0.0624. The maximum Gasteiger partial charge on any atom is 0.109 e. The number of amidine groups is 1. The molecule has 2 aromatic carbocycles. The van der Waals surface area contributed by atoms with Gasteiger partial charge in [-0.25, -0.2) is 0 Å². The van der Waals surface area contributed by atoms with Gasteiger partial charge in [-0.05, 0) is 55.6 Å². The summed E-state index contributed by atoms with van der Waals surface area (Å²) in [5, 5.41) is 7.99. The van der Waals surface area contributed by atoms with E-state index in [2.05, 4.69) is 47.9 Å². The number of para-hydroxylation sites is 1. The van der Waals surface area contributed by atoms with Crippen LogP contribution in [-0.4, -0.2) is 18.4 Å². The zero-order chi connectivity index (χ0) is 16.6.